The van der Waals surface area contributed by atoms with Crippen molar-refractivity contribution < 1.29 is 9.36 Å². The average Bonchev–Trinajstić information content (AvgIpc) is 3.17. The Balaban J connectivity index is 2.13. The molecule has 1 fully saturated rings. The molecule has 2 aliphatic rings. The van der Waals surface area contributed by atoms with Gasteiger partial charge in [-0.2, -0.15) is 0 Å². The number of nitrogens with zero attached hydrogens (tertiary/aromatic N) is 1. The molecule has 0 N–H and O–H groups in total. The van der Waals surface area contributed by atoms with Gasteiger partial charge in [0, 0.05) is 15.8 Å². The van der Waals surface area contributed by atoms with Gasteiger partial charge in [0.05, 0.1) is 11.6 Å². The van der Waals surface area contributed by atoms with E-state index in [1.807, 2.05) is 17.0 Å². The SMILES string of the molecule is CC1c2cc(Br)cc(P(C)(C)=O)c2C(=O)N1[C@@H](C)C1CC1. The number of halogens is 1. The van der Waals surface area contributed by atoms with Crippen LogP contribution < -0.4 is 5.30 Å². The van der Waals surface area contributed by atoms with Crippen LogP contribution >= 0.6 is 23.1 Å². The van der Waals surface area contributed by atoms with Crippen molar-refractivity contribution in [1.82, 2.24) is 4.90 Å². The van der Waals surface area contributed by atoms with Crippen LogP contribution in [0.15, 0.2) is 16.6 Å². The maximum absolute atomic E-state index is 12.9. The van der Waals surface area contributed by atoms with E-state index in [4.69, 9.17) is 0 Å². The molecule has 1 amide bonds. The van der Waals surface area contributed by atoms with Crippen molar-refractivity contribution in [3.05, 3.63) is 27.7 Å². The van der Waals surface area contributed by atoms with Gasteiger partial charge in [-0.3, -0.25) is 4.79 Å². The molecule has 1 aromatic carbocycles. The molecule has 0 bridgehead atoms. The van der Waals surface area contributed by atoms with Gasteiger partial charge in [-0.25, -0.2) is 0 Å². The lowest BCUT2D eigenvalue weighted by Gasteiger charge is -2.29. The van der Waals surface area contributed by atoms with Crippen LogP contribution in [-0.4, -0.2) is 30.2 Å². The number of amides is 1. The molecule has 1 aliphatic heterocycles. The zero-order chi connectivity index (χ0) is 15.5. The summed E-state index contributed by atoms with van der Waals surface area (Å²) in [6.45, 7) is 7.69. The fraction of sp³-hybridized carbons (Fsp3) is 0.562. The Labute approximate surface area is 134 Å². The molecular formula is C16H21BrNO2P. The smallest absolute Gasteiger partial charge is 0.255 e. The van der Waals surface area contributed by atoms with Gasteiger partial charge in [-0.1, -0.05) is 15.9 Å². The summed E-state index contributed by atoms with van der Waals surface area (Å²) in [7, 11) is -2.49. The average molecular weight is 370 g/mol. The molecule has 114 valence electrons. The molecule has 0 saturated heterocycles. The lowest BCUT2D eigenvalue weighted by atomic mass is 10.1. The standard InChI is InChI=1S/C16H21BrNO2P/c1-9(11-5-6-11)18-10(2)13-7-12(17)8-14(21(3,4)20)15(13)16(18)19/h7-11H,5-6H2,1-4H3/t9-,10?/m0/s1. The maximum atomic E-state index is 12.9. The molecule has 5 heteroatoms. The third-order valence-electron chi connectivity index (χ3n) is 4.75. The summed E-state index contributed by atoms with van der Waals surface area (Å²) in [5, 5.41) is 0.717. The molecule has 1 aliphatic carbocycles. The van der Waals surface area contributed by atoms with Crippen molar-refractivity contribution in [3.63, 3.8) is 0 Å². The van der Waals surface area contributed by atoms with E-state index >= 15 is 0 Å². The molecule has 3 nitrogen and oxygen atoms in total. The quantitative estimate of drug-likeness (QED) is 0.754. The van der Waals surface area contributed by atoms with Gasteiger partial charge < -0.3 is 9.46 Å². The van der Waals surface area contributed by atoms with Gasteiger partial charge in [0.15, 0.2) is 0 Å². The molecule has 1 heterocycles. The van der Waals surface area contributed by atoms with Crippen LogP contribution in [0, 0.1) is 5.92 Å². The van der Waals surface area contributed by atoms with Gasteiger partial charge in [0.2, 0.25) is 0 Å². The highest BCUT2D eigenvalue weighted by molar-refractivity contribution is 9.10. The van der Waals surface area contributed by atoms with Gasteiger partial charge in [-0.05, 0) is 63.6 Å². The summed E-state index contributed by atoms with van der Waals surface area (Å²) >= 11 is 3.50. The van der Waals surface area contributed by atoms with Crippen LogP contribution in [0.25, 0.3) is 0 Å². The normalized spacial score (nSPS) is 23.4. The van der Waals surface area contributed by atoms with E-state index in [1.54, 1.807) is 13.3 Å². The second kappa shape index (κ2) is 4.96. The van der Waals surface area contributed by atoms with E-state index in [0.29, 0.717) is 16.8 Å². The highest BCUT2D eigenvalue weighted by Crippen LogP contribution is 2.46. The number of hydrogen-bond acceptors (Lipinski definition) is 2. The number of rotatable bonds is 3. The topological polar surface area (TPSA) is 37.4 Å². The number of carbonyl (C=O) groups excluding carboxylic acids is 1. The minimum atomic E-state index is -2.49. The summed E-state index contributed by atoms with van der Waals surface area (Å²) < 4.78 is 13.5. The first-order chi connectivity index (χ1) is 9.71. The first-order valence-electron chi connectivity index (χ1n) is 7.43. The molecule has 21 heavy (non-hydrogen) atoms. The summed E-state index contributed by atoms with van der Waals surface area (Å²) in [5.74, 6) is 0.691. The Morgan fingerprint density at radius 2 is 1.95 bits per heavy atom. The zero-order valence-electron chi connectivity index (χ0n) is 12.9. The molecule has 2 atom stereocenters. The second-order valence-electron chi connectivity index (χ2n) is 6.71. The van der Waals surface area contributed by atoms with Gasteiger partial charge in [0.25, 0.3) is 5.91 Å². The third-order valence-corrected chi connectivity index (χ3v) is 6.72. The molecule has 0 radical (unpaired) electrons. The number of fused-ring (bicyclic) bond motifs is 1. The highest BCUT2D eigenvalue weighted by atomic mass is 79.9. The van der Waals surface area contributed by atoms with Crippen molar-refractivity contribution >= 4 is 34.3 Å². The van der Waals surface area contributed by atoms with Crippen molar-refractivity contribution in [3.8, 4) is 0 Å². The minimum absolute atomic E-state index is 0.0586. The predicted octanol–water partition coefficient (Wildman–Crippen LogP) is 4.01. The van der Waals surface area contributed by atoms with Crippen LogP contribution in [-0.2, 0) is 4.57 Å². The first-order valence-corrected chi connectivity index (χ1v) is 10.8. The first kappa shape index (κ1) is 15.3. The second-order valence-corrected chi connectivity index (χ2v) is 10.8. The Morgan fingerprint density at radius 3 is 2.48 bits per heavy atom. The van der Waals surface area contributed by atoms with E-state index in [-0.39, 0.29) is 18.0 Å². The van der Waals surface area contributed by atoms with Crippen LogP contribution in [0.5, 0.6) is 0 Å². The molecular weight excluding hydrogens is 349 g/mol. The van der Waals surface area contributed by atoms with E-state index in [9.17, 15) is 9.36 Å². The summed E-state index contributed by atoms with van der Waals surface area (Å²) in [6, 6.07) is 4.19. The van der Waals surface area contributed by atoms with Gasteiger partial charge in [-0.15, -0.1) is 0 Å². The van der Waals surface area contributed by atoms with Crippen LogP contribution in [0.3, 0.4) is 0 Å². The van der Waals surface area contributed by atoms with E-state index in [1.165, 1.54) is 12.8 Å². The highest BCUT2D eigenvalue weighted by Gasteiger charge is 2.44. The largest absolute Gasteiger partial charge is 0.329 e. The van der Waals surface area contributed by atoms with Crippen molar-refractivity contribution in [2.75, 3.05) is 13.3 Å². The Hall–Kier alpha value is -0.600. The molecule has 0 spiro atoms. The van der Waals surface area contributed by atoms with Crippen molar-refractivity contribution in [1.29, 1.82) is 0 Å². The number of benzene rings is 1. The van der Waals surface area contributed by atoms with Gasteiger partial charge in [0.1, 0.15) is 7.14 Å². The van der Waals surface area contributed by atoms with E-state index < -0.39 is 7.14 Å². The van der Waals surface area contributed by atoms with E-state index in [2.05, 4.69) is 29.8 Å². The van der Waals surface area contributed by atoms with Crippen LogP contribution in [0.1, 0.15) is 48.7 Å². The maximum Gasteiger partial charge on any atom is 0.255 e. The summed E-state index contributed by atoms with van der Waals surface area (Å²) in [6.07, 6.45) is 2.43. The Bertz CT molecular complexity index is 662. The van der Waals surface area contributed by atoms with Crippen LogP contribution in [0.4, 0.5) is 0 Å². The Kier molecular flexibility index (Phi) is 3.61. The lowest BCUT2D eigenvalue weighted by molar-refractivity contribution is 0.0638. The van der Waals surface area contributed by atoms with E-state index in [0.717, 1.165) is 10.0 Å². The summed E-state index contributed by atoms with van der Waals surface area (Å²) in [4.78, 5) is 14.9. The molecule has 1 aromatic rings. The molecule has 3 rings (SSSR count). The van der Waals surface area contributed by atoms with Crippen molar-refractivity contribution in [2.45, 2.75) is 38.8 Å². The molecule has 1 unspecified atom stereocenters. The Morgan fingerprint density at radius 1 is 1.33 bits per heavy atom. The van der Waals surface area contributed by atoms with Crippen LogP contribution in [0.2, 0.25) is 0 Å². The number of carbonyl (C=O) groups is 1. The predicted molar refractivity (Wildman–Crippen MR) is 90.0 cm³/mol. The number of hydrogen-bond donors (Lipinski definition) is 0. The minimum Gasteiger partial charge on any atom is -0.329 e. The molecule has 1 saturated carbocycles. The lowest BCUT2D eigenvalue weighted by Crippen LogP contribution is -2.37. The molecule has 0 aromatic heterocycles. The third kappa shape index (κ3) is 2.51. The zero-order valence-corrected chi connectivity index (χ0v) is 15.4. The monoisotopic (exact) mass is 369 g/mol. The fourth-order valence-corrected chi connectivity index (χ4v) is 5.26. The fourth-order valence-electron chi connectivity index (χ4n) is 3.40. The summed E-state index contributed by atoms with van der Waals surface area (Å²) in [5.41, 5.74) is 1.70. The van der Waals surface area contributed by atoms with Gasteiger partial charge >= 0.3 is 0 Å². The van der Waals surface area contributed by atoms with Crippen molar-refractivity contribution in [2.24, 2.45) is 5.92 Å².